The minimum atomic E-state index is -3.11. The third kappa shape index (κ3) is 3.93. The summed E-state index contributed by atoms with van der Waals surface area (Å²) in [5.41, 5.74) is 0. The molecule has 4 nitrogen and oxygen atoms in total. The third-order valence-electron chi connectivity index (χ3n) is 3.89. The lowest BCUT2D eigenvalue weighted by Gasteiger charge is -2.30. The maximum absolute atomic E-state index is 12.5. The quantitative estimate of drug-likeness (QED) is 0.800. The van der Waals surface area contributed by atoms with Crippen LogP contribution in [-0.4, -0.2) is 43.6 Å². The summed E-state index contributed by atoms with van der Waals surface area (Å²) in [4.78, 5) is 0. The van der Waals surface area contributed by atoms with Gasteiger partial charge < -0.3 is 5.32 Å². The molecule has 0 bridgehead atoms. The Kier molecular flexibility index (Phi) is 4.67. The van der Waals surface area contributed by atoms with E-state index in [2.05, 4.69) is 5.32 Å². The van der Waals surface area contributed by atoms with Gasteiger partial charge in [-0.15, -0.1) is 0 Å². The number of nitrogens with one attached hydrogen (secondary N) is 1. The summed E-state index contributed by atoms with van der Waals surface area (Å²) in [6, 6.07) is 0.239. The Morgan fingerprint density at radius 1 is 1.22 bits per heavy atom. The smallest absolute Gasteiger partial charge is 0.215 e. The molecular weight excluding hydrogens is 248 g/mol. The van der Waals surface area contributed by atoms with E-state index in [-0.39, 0.29) is 17.8 Å². The Morgan fingerprint density at radius 3 is 2.44 bits per heavy atom. The summed E-state index contributed by atoms with van der Waals surface area (Å²) >= 11 is 0. The normalized spacial score (nSPS) is 25.9. The van der Waals surface area contributed by atoms with E-state index in [1.165, 1.54) is 19.3 Å². The molecule has 0 aromatic heterocycles. The van der Waals surface area contributed by atoms with Gasteiger partial charge in [0.05, 0.1) is 5.75 Å². The van der Waals surface area contributed by atoms with Gasteiger partial charge in [0.25, 0.3) is 0 Å². The zero-order valence-electron chi connectivity index (χ0n) is 11.6. The summed E-state index contributed by atoms with van der Waals surface area (Å²) in [7, 11) is -3.11. The number of nitrogens with zero attached hydrogens (tertiary/aromatic N) is 1. The third-order valence-corrected chi connectivity index (χ3v) is 6.00. The molecule has 0 spiro atoms. The first-order valence-corrected chi connectivity index (χ1v) is 8.83. The molecule has 106 valence electrons. The fourth-order valence-electron chi connectivity index (χ4n) is 2.62. The van der Waals surface area contributed by atoms with Crippen molar-refractivity contribution in [2.75, 3.05) is 18.8 Å². The van der Waals surface area contributed by atoms with Crippen molar-refractivity contribution in [2.45, 2.75) is 58.0 Å². The molecule has 2 rings (SSSR count). The van der Waals surface area contributed by atoms with Crippen LogP contribution in [-0.2, 0) is 10.0 Å². The van der Waals surface area contributed by atoms with E-state index in [4.69, 9.17) is 0 Å². The molecule has 5 heteroatoms. The Hall–Kier alpha value is -0.130. The van der Waals surface area contributed by atoms with Crippen LogP contribution in [0.3, 0.4) is 0 Å². The van der Waals surface area contributed by atoms with E-state index in [9.17, 15) is 8.42 Å². The zero-order chi connectivity index (χ0) is 13.2. The van der Waals surface area contributed by atoms with Gasteiger partial charge in [-0.05, 0) is 52.0 Å². The first-order valence-electron chi connectivity index (χ1n) is 7.22. The van der Waals surface area contributed by atoms with Crippen molar-refractivity contribution < 1.29 is 8.42 Å². The van der Waals surface area contributed by atoms with Crippen molar-refractivity contribution in [2.24, 2.45) is 5.92 Å². The molecule has 0 amide bonds. The lowest BCUT2D eigenvalue weighted by Crippen LogP contribution is -2.46. The maximum Gasteiger partial charge on any atom is 0.215 e. The Labute approximate surface area is 111 Å². The van der Waals surface area contributed by atoms with Gasteiger partial charge in [-0.2, -0.15) is 4.31 Å². The number of sulfonamides is 1. The van der Waals surface area contributed by atoms with Gasteiger partial charge in [-0.1, -0.05) is 6.42 Å². The number of hydrogen-bond acceptors (Lipinski definition) is 3. The molecule has 1 aliphatic carbocycles. The fourth-order valence-corrected chi connectivity index (χ4v) is 4.68. The molecule has 1 heterocycles. The maximum atomic E-state index is 12.5. The molecule has 0 radical (unpaired) electrons. The Balaban J connectivity index is 1.96. The minimum absolute atomic E-state index is 0.0826. The van der Waals surface area contributed by atoms with E-state index in [0.29, 0.717) is 5.92 Å². The van der Waals surface area contributed by atoms with Gasteiger partial charge in [0.1, 0.15) is 0 Å². The monoisotopic (exact) mass is 274 g/mol. The molecule has 1 aliphatic heterocycles. The largest absolute Gasteiger partial charge is 0.313 e. The number of hydrogen-bond donors (Lipinski definition) is 1. The van der Waals surface area contributed by atoms with E-state index in [0.717, 1.165) is 25.9 Å². The minimum Gasteiger partial charge on any atom is -0.313 e. The SMILES string of the molecule is CC(C)N(CC1CC1)S(=O)(=O)CC1CCCCN1. The molecule has 0 aromatic rings. The lowest BCUT2D eigenvalue weighted by atomic mass is 10.1. The molecular formula is C13H26N2O2S. The topological polar surface area (TPSA) is 49.4 Å². The van der Waals surface area contributed by atoms with Gasteiger partial charge in [0.15, 0.2) is 0 Å². The van der Waals surface area contributed by atoms with Crippen LogP contribution in [0.5, 0.6) is 0 Å². The van der Waals surface area contributed by atoms with Crippen LogP contribution in [0, 0.1) is 5.92 Å². The molecule has 0 aromatic carbocycles. The van der Waals surface area contributed by atoms with E-state index >= 15 is 0 Å². The highest BCUT2D eigenvalue weighted by atomic mass is 32.2. The Morgan fingerprint density at radius 2 is 1.94 bits per heavy atom. The van der Waals surface area contributed by atoms with Gasteiger partial charge >= 0.3 is 0 Å². The van der Waals surface area contributed by atoms with Crippen molar-refractivity contribution in [3.05, 3.63) is 0 Å². The summed E-state index contributed by atoms with van der Waals surface area (Å²) in [5, 5.41) is 3.33. The standard InChI is InChI=1S/C13H26N2O2S/c1-11(2)15(9-12-6-7-12)18(16,17)10-13-5-3-4-8-14-13/h11-14H,3-10H2,1-2H3. The van der Waals surface area contributed by atoms with Crippen molar-refractivity contribution in [1.82, 2.24) is 9.62 Å². The highest BCUT2D eigenvalue weighted by Crippen LogP contribution is 2.31. The summed E-state index contributed by atoms with van der Waals surface area (Å²) < 4.78 is 26.7. The van der Waals surface area contributed by atoms with E-state index in [1.807, 2.05) is 13.8 Å². The van der Waals surface area contributed by atoms with Crippen LogP contribution in [0.4, 0.5) is 0 Å². The average molecular weight is 274 g/mol. The van der Waals surface area contributed by atoms with E-state index in [1.54, 1.807) is 4.31 Å². The van der Waals surface area contributed by atoms with Crippen LogP contribution in [0.25, 0.3) is 0 Å². The van der Waals surface area contributed by atoms with Crippen LogP contribution in [0.1, 0.15) is 46.0 Å². The van der Waals surface area contributed by atoms with Crippen molar-refractivity contribution >= 4 is 10.0 Å². The molecule has 1 unspecified atom stereocenters. The van der Waals surface area contributed by atoms with Gasteiger partial charge in [-0.25, -0.2) is 8.42 Å². The second kappa shape index (κ2) is 5.88. The van der Waals surface area contributed by atoms with Gasteiger partial charge in [0, 0.05) is 18.6 Å². The van der Waals surface area contributed by atoms with Crippen molar-refractivity contribution in [3.63, 3.8) is 0 Å². The first kappa shape index (κ1) is 14.3. The van der Waals surface area contributed by atoms with Crippen LogP contribution < -0.4 is 5.32 Å². The second-order valence-corrected chi connectivity index (χ2v) is 8.00. The molecule has 1 atom stereocenters. The van der Waals surface area contributed by atoms with Crippen LogP contribution in [0.2, 0.25) is 0 Å². The molecule has 2 aliphatic rings. The second-order valence-electron chi connectivity index (χ2n) is 6.03. The molecule has 1 N–H and O–H groups in total. The predicted molar refractivity (Wildman–Crippen MR) is 74.0 cm³/mol. The average Bonchev–Trinajstić information content (AvgIpc) is 3.09. The van der Waals surface area contributed by atoms with Gasteiger partial charge in [-0.3, -0.25) is 0 Å². The number of piperidine rings is 1. The lowest BCUT2D eigenvalue weighted by molar-refractivity contribution is 0.335. The van der Waals surface area contributed by atoms with Crippen LogP contribution >= 0.6 is 0 Å². The number of rotatable bonds is 6. The van der Waals surface area contributed by atoms with Gasteiger partial charge in [0.2, 0.25) is 10.0 Å². The predicted octanol–water partition coefficient (Wildman–Crippen LogP) is 1.58. The summed E-state index contributed by atoms with van der Waals surface area (Å²) in [6.07, 6.45) is 5.71. The summed E-state index contributed by atoms with van der Waals surface area (Å²) in [6.45, 7) is 5.65. The highest BCUT2D eigenvalue weighted by Gasteiger charge is 2.33. The highest BCUT2D eigenvalue weighted by molar-refractivity contribution is 7.89. The zero-order valence-corrected chi connectivity index (χ0v) is 12.4. The van der Waals surface area contributed by atoms with E-state index < -0.39 is 10.0 Å². The van der Waals surface area contributed by atoms with Crippen molar-refractivity contribution in [3.8, 4) is 0 Å². The van der Waals surface area contributed by atoms with Crippen LogP contribution in [0.15, 0.2) is 0 Å². The molecule has 18 heavy (non-hydrogen) atoms. The molecule has 1 saturated carbocycles. The Bertz CT molecular complexity index is 357. The summed E-state index contributed by atoms with van der Waals surface area (Å²) in [5.74, 6) is 0.888. The fraction of sp³-hybridized carbons (Fsp3) is 1.00. The molecule has 2 fully saturated rings. The first-order chi connectivity index (χ1) is 8.49. The van der Waals surface area contributed by atoms with Crippen molar-refractivity contribution in [1.29, 1.82) is 0 Å². The molecule has 1 saturated heterocycles.